The molecule has 1 aliphatic heterocycles. The third-order valence-electron chi connectivity index (χ3n) is 2.28. The van der Waals surface area contributed by atoms with Crippen molar-refractivity contribution in [3.8, 4) is 5.75 Å². The Labute approximate surface area is 91.2 Å². The standard InChI is InChI=1S/C10H12BrNO2/c11-7-1-2-8-9(6-13)12-3-4-14-10(8)5-7/h1-2,5,9,12-13H,3-4,6H2. The lowest BCUT2D eigenvalue weighted by Crippen LogP contribution is -2.25. The van der Waals surface area contributed by atoms with Gasteiger partial charge < -0.3 is 15.2 Å². The molecule has 2 rings (SSSR count). The predicted octanol–water partition coefficient (Wildman–Crippen LogP) is 1.46. The van der Waals surface area contributed by atoms with Gasteiger partial charge in [-0.05, 0) is 12.1 Å². The first-order valence-corrected chi connectivity index (χ1v) is 5.37. The molecular formula is C10H12BrNO2. The zero-order valence-corrected chi connectivity index (χ0v) is 9.25. The van der Waals surface area contributed by atoms with Crippen molar-refractivity contribution in [2.75, 3.05) is 19.8 Å². The van der Waals surface area contributed by atoms with Crippen molar-refractivity contribution in [2.24, 2.45) is 0 Å². The summed E-state index contributed by atoms with van der Waals surface area (Å²) in [5.74, 6) is 0.850. The summed E-state index contributed by atoms with van der Waals surface area (Å²) < 4.78 is 6.55. The molecule has 0 fully saturated rings. The van der Waals surface area contributed by atoms with Crippen LogP contribution in [0.5, 0.6) is 5.75 Å². The highest BCUT2D eigenvalue weighted by molar-refractivity contribution is 9.10. The molecule has 0 spiro atoms. The van der Waals surface area contributed by atoms with E-state index in [9.17, 15) is 5.11 Å². The van der Waals surface area contributed by atoms with Crippen molar-refractivity contribution in [3.05, 3.63) is 28.2 Å². The van der Waals surface area contributed by atoms with E-state index in [-0.39, 0.29) is 12.6 Å². The Kier molecular flexibility index (Phi) is 3.05. The zero-order valence-electron chi connectivity index (χ0n) is 7.66. The van der Waals surface area contributed by atoms with Gasteiger partial charge in [0.2, 0.25) is 0 Å². The lowest BCUT2D eigenvalue weighted by Gasteiger charge is -2.14. The summed E-state index contributed by atoms with van der Waals surface area (Å²) in [5, 5.41) is 12.4. The van der Waals surface area contributed by atoms with Gasteiger partial charge in [0, 0.05) is 16.6 Å². The maximum atomic E-state index is 9.20. The Bertz CT molecular complexity index is 330. The topological polar surface area (TPSA) is 41.5 Å². The van der Waals surface area contributed by atoms with Gasteiger partial charge >= 0.3 is 0 Å². The van der Waals surface area contributed by atoms with Crippen LogP contribution in [0.25, 0.3) is 0 Å². The lowest BCUT2D eigenvalue weighted by atomic mass is 10.1. The largest absolute Gasteiger partial charge is 0.492 e. The van der Waals surface area contributed by atoms with Crippen LogP contribution in [-0.4, -0.2) is 24.9 Å². The van der Waals surface area contributed by atoms with Crippen molar-refractivity contribution >= 4 is 15.9 Å². The van der Waals surface area contributed by atoms with Gasteiger partial charge in [0.1, 0.15) is 12.4 Å². The van der Waals surface area contributed by atoms with Crippen LogP contribution < -0.4 is 10.1 Å². The van der Waals surface area contributed by atoms with Crippen LogP contribution in [0.15, 0.2) is 22.7 Å². The van der Waals surface area contributed by atoms with Crippen LogP contribution in [-0.2, 0) is 0 Å². The average molecular weight is 258 g/mol. The quantitative estimate of drug-likeness (QED) is 0.801. The number of benzene rings is 1. The number of aliphatic hydroxyl groups excluding tert-OH is 1. The Balaban J connectivity index is 2.39. The minimum absolute atomic E-state index is 0.0133. The molecule has 0 radical (unpaired) electrons. The Morgan fingerprint density at radius 2 is 2.43 bits per heavy atom. The van der Waals surface area contributed by atoms with Gasteiger partial charge in [-0.25, -0.2) is 0 Å². The molecule has 1 aromatic carbocycles. The molecule has 1 atom stereocenters. The first-order valence-electron chi connectivity index (χ1n) is 4.58. The molecule has 76 valence electrons. The molecule has 0 amide bonds. The zero-order chi connectivity index (χ0) is 9.97. The molecule has 0 aromatic heterocycles. The van der Waals surface area contributed by atoms with E-state index in [1.165, 1.54) is 0 Å². The third-order valence-corrected chi connectivity index (χ3v) is 2.78. The summed E-state index contributed by atoms with van der Waals surface area (Å²) in [4.78, 5) is 0. The maximum Gasteiger partial charge on any atom is 0.125 e. The lowest BCUT2D eigenvalue weighted by molar-refractivity contribution is 0.245. The number of hydrogen-bond acceptors (Lipinski definition) is 3. The summed E-state index contributed by atoms with van der Waals surface area (Å²) in [6, 6.07) is 5.85. The third kappa shape index (κ3) is 1.92. The van der Waals surface area contributed by atoms with Crippen LogP contribution in [0.1, 0.15) is 11.6 Å². The summed E-state index contributed by atoms with van der Waals surface area (Å²) in [5.41, 5.74) is 1.02. The van der Waals surface area contributed by atoms with Crippen molar-refractivity contribution < 1.29 is 9.84 Å². The minimum atomic E-state index is -0.0133. The number of nitrogens with one attached hydrogen (secondary N) is 1. The highest BCUT2D eigenvalue weighted by atomic mass is 79.9. The van der Waals surface area contributed by atoms with E-state index in [4.69, 9.17) is 4.74 Å². The number of aliphatic hydroxyl groups is 1. The van der Waals surface area contributed by atoms with Gasteiger partial charge in [-0.2, -0.15) is 0 Å². The maximum absolute atomic E-state index is 9.20. The number of hydrogen-bond donors (Lipinski definition) is 2. The SMILES string of the molecule is OCC1NCCOc2cc(Br)ccc21. The van der Waals surface area contributed by atoms with Crippen LogP contribution in [0, 0.1) is 0 Å². The summed E-state index contributed by atoms with van der Waals surface area (Å²) in [6.07, 6.45) is 0. The van der Waals surface area contributed by atoms with Crippen LogP contribution >= 0.6 is 15.9 Å². The molecule has 0 bridgehead atoms. The predicted molar refractivity (Wildman–Crippen MR) is 57.5 cm³/mol. The summed E-state index contributed by atoms with van der Waals surface area (Å²) in [6.45, 7) is 1.50. The molecule has 1 aliphatic rings. The van der Waals surface area contributed by atoms with Gasteiger partial charge in [0.15, 0.2) is 0 Å². The van der Waals surface area contributed by atoms with Gasteiger partial charge in [-0.3, -0.25) is 0 Å². The first kappa shape index (κ1) is 9.96. The summed E-state index contributed by atoms with van der Waals surface area (Å²) in [7, 11) is 0. The molecule has 2 N–H and O–H groups in total. The molecule has 1 aromatic rings. The van der Waals surface area contributed by atoms with Gasteiger partial charge in [0.05, 0.1) is 12.6 Å². The second-order valence-corrected chi connectivity index (χ2v) is 4.14. The second-order valence-electron chi connectivity index (χ2n) is 3.22. The molecule has 4 heteroatoms. The number of halogens is 1. The normalized spacial score (nSPS) is 20.9. The van der Waals surface area contributed by atoms with Gasteiger partial charge in [-0.1, -0.05) is 22.0 Å². The molecule has 14 heavy (non-hydrogen) atoms. The van der Waals surface area contributed by atoms with Crippen LogP contribution in [0.3, 0.4) is 0 Å². The Morgan fingerprint density at radius 3 is 3.21 bits per heavy atom. The van der Waals surface area contributed by atoms with Gasteiger partial charge in [-0.15, -0.1) is 0 Å². The van der Waals surface area contributed by atoms with Crippen LogP contribution in [0.4, 0.5) is 0 Å². The van der Waals surface area contributed by atoms with E-state index in [0.717, 1.165) is 22.3 Å². The highest BCUT2D eigenvalue weighted by Crippen LogP contribution is 2.29. The van der Waals surface area contributed by atoms with E-state index in [1.807, 2.05) is 18.2 Å². The minimum Gasteiger partial charge on any atom is -0.492 e. The molecule has 1 unspecified atom stereocenters. The average Bonchev–Trinajstić information content (AvgIpc) is 2.38. The van der Waals surface area contributed by atoms with Crippen molar-refractivity contribution in [1.29, 1.82) is 0 Å². The fourth-order valence-electron chi connectivity index (χ4n) is 1.59. The van der Waals surface area contributed by atoms with E-state index in [2.05, 4.69) is 21.2 Å². The van der Waals surface area contributed by atoms with E-state index < -0.39 is 0 Å². The van der Waals surface area contributed by atoms with Crippen molar-refractivity contribution in [3.63, 3.8) is 0 Å². The second kappa shape index (κ2) is 4.29. The fraction of sp³-hybridized carbons (Fsp3) is 0.400. The molecule has 3 nitrogen and oxygen atoms in total. The van der Waals surface area contributed by atoms with E-state index in [0.29, 0.717) is 6.61 Å². The molecule has 0 saturated carbocycles. The number of rotatable bonds is 1. The van der Waals surface area contributed by atoms with Crippen molar-refractivity contribution in [1.82, 2.24) is 5.32 Å². The molecule has 1 heterocycles. The number of fused-ring (bicyclic) bond motifs is 1. The number of ether oxygens (including phenoxy) is 1. The smallest absolute Gasteiger partial charge is 0.125 e. The molecule has 0 aliphatic carbocycles. The fourth-order valence-corrected chi connectivity index (χ4v) is 1.93. The molecule has 0 saturated heterocycles. The van der Waals surface area contributed by atoms with Crippen LogP contribution in [0.2, 0.25) is 0 Å². The Morgan fingerprint density at radius 1 is 1.57 bits per heavy atom. The Hall–Kier alpha value is -0.580. The first-order chi connectivity index (χ1) is 6.81. The van der Waals surface area contributed by atoms with E-state index >= 15 is 0 Å². The highest BCUT2D eigenvalue weighted by Gasteiger charge is 2.18. The monoisotopic (exact) mass is 257 g/mol. The molecular weight excluding hydrogens is 246 g/mol. The van der Waals surface area contributed by atoms with Crippen molar-refractivity contribution in [2.45, 2.75) is 6.04 Å². The van der Waals surface area contributed by atoms with Gasteiger partial charge in [0.25, 0.3) is 0 Å². The summed E-state index contributed by atoms with van der Waals surface area (Å²) >= 11 is 3.39. The van der Waals surface area contributed by atoms with E-state index in [1.54, 1.807) is 0 Å².